The molecule has 1 aliphatic rings. The Morgan fingerprint density at radius 2 is 2.08 bits per heavy atom. The summed E-state index contributed by atoms with van der Waals surface area (Å²) in [5.74, 6) is 1.23. The van der Waals surface area contributed by atoms with Crippen LogP contribution in [0.15, 0.2) is 24.5 Å². The van der Waals surface area contributed by atoms with Gasteiger partial charge in [0.15, 0.2) is 5.69 Å². The molecule has 4 rings (SSSR count). The van der Waals surface area contributed by atoms with Crippen LogP contribution in [-0.4, -0.2) is 32.7 Å². The fourth-order valence-corrected chi connectivity index (χ4v) is 3.57. The van der Waals surface area contributed by atoms with Crippen molar-refractivity contribution in [3.8, 4) is 17.2 Å². The third kappa shape index (κ3) is 2.76. The molecule has 2 aromatic heterocycles. The zero-order valence-corrected chi connectivity index (χ0v) is 14.9. The molecule has 1 saturated heterocycles. The van der Waals surface area contributed by atoms with Gasteiger partial charge in [-0.3, -0.25) is 0 Å². The van der Waals surface area contributed by atoms with Crippen LogP contribution in [0.25, 0.3) is 16.9 Å². The zero-order valence-electron chi connectivity index (χ0n) is 14.2. The lowest BCUT2D eigenvalue weighted by molar-refractivity contribution is 0.435. The molecule has 0 atom stereocenters. The van der Waals surface area contributed by atoms with Gasteiger partial charge in [-0.2, -0.15) is 24.8 Å². The van der Waals surface area contributed by atoms with Crippen molar-refractivity contribution < 1.29 is 4.39 Å². The number of nitriles is 1. The summed E-state index contributed by atoms with van der Waals surface area (Å²) in [5.41, 5.74) is 1.08. The Balaban J connectivity index is 2.02. The Morgan fingerprint density at radius 1 is 1.31 bits per heavy atom. The Hall–Kier alpha value is -2.72. The van der Waals surface area contributed by atoms with Crippen molar-refractivity contribution >= 4 is 23.2 Å². The number of rotatable bonds is 2. The molecule has 1 aliphatic heterocycles. The van der Waals surface area contributed by atoms with E-state index in [9.17, 15) is 9.65 Å². The topological polar surface area (TPSA) is 70.1 Å². The van der Waals surface area contributed by atoms with Gasteiger partial charge >= 0.3 is 0 Å². The molecule has 1 fully saturated rings. The predicted molar refractivity (Wildman–Crippen MR) is 96.5 cm³/mol. The second-order valence-corrected chi connectivity index (χ2v) is 6.94. The van der Waals surface area contributed by atoms with Gasteiger partial charge < -0.3 is 4.90 Å². The van der Waals surface area contributed by atoms with E-state index in [1.165, 1.54) is 24.5 Å². The molecule has 0 radical (unpaired) electrons. The summed E-state index contributed by atoms with van der Waals surface area (Å²) >= 11 is 6.35. The van der Waals surface area contributed by atoms with E-state index in [2.05, 4.69) is 33.0 Å². The highest BCUT2D eigenvalue weighted by molar-refractivity contribution is 6.33. The molecule has 6 nitrogen and oxygen atoms in total. The van der Waals surface area contributed by atoms with E-state index in [1.54, 1.807) is 4.52 Å². The molecule has 132 valence electrons. The highest BCUT2D eigenvalue weighted by atomic mass is 35.5. The van der Waals surface area contributed by atoms with E-state index in [-0.39, 0.29) is 5.69 Å². The van der Waals surface area contributed by atoms with Crippen LogP contribution in [0.4, 0.5) is 10.2 Å². The summed E-state index contributed by atoms with van der Waals surface area (Å²) in [6, 6.07) is 6.22. The minimum Gasteiger partial charge on any atom is -0.356 e. The molecule has 0 bridgehead atoms. The van der Waals surface area contributed by atoms with Gasteiger partial charge in [-0.15, -0.1) is 0 Å². The molecule has 3 heterocycles. The summed E-state index contributed by atoms with van der Waals surface area (Å²) in [6.45, 7) is 3.84. The summed E-state index contributed by atoms with van der Waals surface area (Å²) in [7, 11) is 0. The van der Waals surface area contributed by atoms with Crippen molar-refractivity contribution in [2.75, 3.05) is 18.0 Å². The van der Waals surface area contributed by atoms with Crippen molar-refractivity contribution in [2.24, 2.45) is 5.92 Å². The third-order valence-corrected chi connectivity index (χ3v) is 5.12. The number of benzene rings is 1. The number of nitrogens with zero attached hydrogens (tertiary/aromatic N) is 6. The van der Waals surface area contributed by atoms with Gasteiger partial charge in [0.25, 0.3) is 5.78 Å². The number of fused-ring (bicyclic) bond motifs is 1. The SMILES string of the molecule is CC1CCN(c2c(-c3cc(F)ccc3Cl)c(C#N)nc3ncnn23)CC1. The van der Waals surface area contributed by atoms with E-state index in [1.807, 2.05) is 0 Å². The van der Waals surface area contributed by atoms with Gasteiger partial charge in [0, 0.05) is 23.7 Å². The molecular weight excluding hydrogens is 355 g/mol. The molecule has 1 aromatic carbocycles. The van der Waals surface area contributed by atoms with Gasteiger partial charge in [-0.05, 0) is 37.0 Å². The minimum atomic E-state index is -0.426. The quantitative estimate of drug-likeness (QED) is 0.688. The first-order chi connectivity index (χ1) is 12.6. The molecule has 0 aliphatic carbocycles. The Kier molecular flexibility index (Phi) is 4.21. The average molecular weight is 371 g/mol. The second kappa shape index (κ2) is 6.54. The Bertz CT molecular complexity index is 1020. The maximum absolute atomic E-state index is 13.9. The lowest BCUT2D eigenvalue weighted by atomic mass is 9.97. The number of anilines is 1. The number of aromatic nitrogens is 4. The van der Waals surface area contributed by atoms with Crippen LogP contribution < -0.4 is 4.90 Å². The van der Waals surface area contributed by atoms with Crippen molar-refractivity contribution in [3.05, 3.63) is 41.1 Å². The van der Waals surface area contributed by atoms with Crippen molar-refractivity contribution in [3.63, 3.8) is 0 Å². The van der Waals surface area contributed by atoms with Crippen LogP contribution in [0.2, 0.25) is 5.02 Å². The summed E-state index contributed by atoms with van der Waals surface area (Å²) in [4.78, 5) is 10.6. The highest BCUT2D eigenvalue weighted by Gasteiger charge is 2.27. The first-order valence-electron chi connectivity index (χ1n) is 8.42. The van der Waals surface area contributed by atoms with Crippen LogP contribution in [0, 0.1) is 23.1 Å². The molecule has 26 heavy (non-hydrogen) atoms. The standard InChI is InChI=1S/C18H16ClFN6/c1-11-4-6-25(7-5-11)17-16(13-8-12(20)2-3-14(13)19)15(9-21)24-18-22-10-23-26(17)18/h2-3,8,10-11H,4-7H2,1H3. The normalized spacial score (nSPS) is 15.4. The van der Waals surface area contributed by atoms with Gasteiger partial charge in [0.2, 0.25) is 0 Å². The fraction of sp³-hybridized carbons (Fsp3) is 0.333. The molecular formula is C18H16ClFN6. The van der Waals surface area contributed by atoms with Crippen molar-refractivity contribution in [1.82, 2.24) is 19.6 Å². The molecule has 0 N–H and O–H groups in total. The number of piperidine rings is 1. The predicted octanol–water partition coefficient (Wildman–Crippen LogP) is 3.69. The maximum atomic E-state index is 13.9. The van der Waals surface area contributed by atoms with E-state index in [4.69, 9.17) is 11.6 Å². The van der Waals surface area contributed by atoms with Crippen molar-refractivity contribution in [2.45, 2.75) is 19.8 Å². The van der Waals surface area contributed by atoms with Gasteiger partial charge in [-0.25, -0.2) is 4.39 Å². The first kappa shape index (κ1) is 16.7. The smallest absolute Gasteiger partial charge is 0.255 e. The lowest BCUT2D eigenvalue weighted by Gasteiger charge is -2.33. The Labute approximate surface area is 154 Å². The highest BCUT2D eigenvalue weighted by Crippen LogP contribution is 2.39. The van der Waals surface area contributed by atoms with E-state index < -0.39 is 5.82 Å². The lowest BCUT2D eigenvalue weighted by Crippen LogP contribution is -2.35. The zero-order chi connectivity index (χ0) is 18.3. The molecule has 0 spiro atoms. The van der Waals surface area contributed by atoms with Crippen LogP contribution in [-0.2, 0) is 0 Å². The van der Waals surface area contributed by atoms with Crippen molar-refractivity contribution in [1.29, 1.82) is 5.26 Å². The van der Waals surface area contributed by atoms with E-state index >= 15 is 0 Å². The minimum absolute atomic E-state index is 0.159. The average Bonchev–Trinajstić information content (AvgIpc) is 3.11. The maximum Gasteiger partial charge on any atom is 0.255 e. The second-order valence-electron chi connectivity index (χ2n) is 6.54. The number of halogens is 2. The van der Waals surface area contributed by atoms with E-state index in [0.717, 1.165) is 25.9 Å². The molecule has 3 aromatic rings. The number of hydrogen-bond donors (Lipinski definition) is 0. The summed E-state index contributed by atoms with van der Waals surface area (Å²) in [6.07, 6.45) is 3.45. The van der Waals surface area contributed by atoms with Crippen LogP contribution in [0.1, 0.15) is 25.5 Å². The van der Waals surface area contributed by atoms with Gasteiger partial charge in [0.05, 0.1) is 5.56 Å². The molecule has 0 amide bonds. The molecule has 8 heteroatoms. The Morgan fingerprint density at radius 3 is 2.81 bits per heavy atom. The fourth-order valence-electron chi connectivity index (χ4n) is 3.36. The summed E-state index contributed by atoms with van der Waals surface area (Å²) < 4.78 is 15.5. The molecule has 0 unspecified atom stereocenters. The van der Waals surface area contributed by atoms with Crippen LogP contribution >= 0.6 is 11.6 Å². The largest absolute Gasteiger partial charge is 0.356 e. The third-order valence-electron chi connectivity index (χ3n) is 4.79. The summed E-state index contributed by atoms with van der Waals surface area (Å²) in [5, 5.41) is 14.3. The first-order valence-corrected chi connectivity index (χ1v) is 8.80. The number of hydrogen-bond acceptors (Lipinski definition) is 5. The van der Waals surface area contributed by atoms with E-state index in [0.29, 0.717) is 33.7 Å². The van der Waals surface area contributed by atoms with Crippen LogP contribution in [0.3, 0.4) is 0 Å². The van der Waals surface area contributed by atoms with Crippen LogP contribution in [0.5, 0.6) is 0 Å². The van der Waals surface area contributed by atoms with Gasteiger partial charge in [0.1, 0.15) is 24.0 Å². The molecule has 0 saturated carbocycles. The monoisotopic (exact) mass is 370 g/mol. The van der Waals surface area contributed by atoms with Gasteiger partial charge in [-0.1, -0.05) is 18.5 Å².